The first-order chi connectivity index (χ1) is 23.5. The number of likely N-dealkylation sites (N-methyl/N-ethyl adjacent to an activating group) is 1. The van der Waals surface area contributed by atoms with E-state index in [0.717, 1.165) is 0 Å². The fourth-order valence-corrected chi connectivity index (χ4v) is 6.65. The number of nitrogens with zero attached hydrogens (tertiary/aromatic N) is 1. The molecule has 0 aliphatic heterocycles. The van der Waals surface area contributed by atoms with Crippen LogP contribution in [0.3, 0.4) is 0 Å². The Morgan fingerprint density at radius 3 is 1.67 bits per heavy atom. The maximum atomic E-state index is 13.4. The van der Waals surface area contributed by atoms with Crippen LogP contribution in [0.5, 0.6) is 0 Å². The second-order valence-corrected chi connectivity index (χ2v) is 18.2. The van der Waals surface area contributed by atoms with Crippen molar-refractivity contribution in [1.29, 1.82) is 0 Å². The summed E-state index contributed by atoms with van der Waals surface area (Å²) < 4.78 is 48.5. The van der Waals surface area contributed by atoms with E-state index >= 15 is 0 Å². The number of esters is 4. The lowest BCUT2D eigenvalue weighted by Gasteiger charge is -2.40. The number of halogens is 1. The molecule has 0 heterocycles. The smallest absolute Gasteiger partial charge is 0.327 e. The minimum atomic E-state index is -4.60. The molecule has 0 aliphatic carbocycles. The second kappa shape index (κ2) is 20.4. The summed E-state index contributed by atoms with van der Waals surface area (Å²) in [6.07, 6.45) is 0.370. The van der Waals surface area contributed by atoms with Crippen molar-refractivity contribution in [3.05, 3.63) is 12.3 Å². The molecule has 304 valence electrons. The van der Waals surface area contributed by atoms with Crippen molar-refractivity contribution in [2.24, 2.45) is 21.7 Å². The number of alkyl halides is 1. The van der Waals surface area contributed by atoms with Crippen LogP contribution < -0.4 is 4.89 Å². The highest BCUT2D eigenvalue weighted by atomic mass is 35.5. The van der Waals surface area contributed by atoms with Crippen LogP contribution >= 0.6 is 19.4 Å². The lowest BCUT2D eigenvalue weighted by Crippen LogP contribution is -2.43. The van der Waals surface area contributed by atoms with Gasteiger partial charge in [0.2, 0.25) is 0 Å². The third-order valence-electron chi connectivity index (χ3n) is 8.58. The maximum absolute atomic E-state index is 13.4. The van der Waals surface area contributed by atoms with Crippen LogP contribution in [0.2, 0.25) is 0 Å². The fraction of sp³-hybridized carbons (Fsp3) is 0.829. The summed E-state index contributed by atoms with van der Waals surface area (Å²) in [5.74, 6) is -2.38. The first-order valence-electron chi connectivity index (χ1n) is 17.2. The Kier molecular flexibility index (Phi) is 19.5. The summed E-state index contributed by atoms with van der Waals surface area (Å²) in [7, 11) is 2.50. The van der Waals surface area contributed by atoms with Gasteiger partial charge in [-0.05, 0) is 60.3 Å². The van der Waals surface area contributed by atoms with Crippen molar-refractivity contribution >= 4 is 43.3 Å². The topological polar surface area (TPSA) is 193 Å². The number of methoxy groups -OCH3 is 1. The van der Waals surface area contributed by atoms with Gasteiger partial charge in [0.05, 0.1) is 63.5 Å². The molecule has 52 heavy (non-hydrogen) atoms. The quantitative estimate of drug-likeness (QED) is 0.0250. The number of carbonyl (C=O) groups excluding carboxylic acids is 4. The molecule has 0 aromatic rings. The Morgan fingerprint density at radius 1 is 0.712 bits per heavy atom. The molecule has 0 saturated heterocycles. The van der Waals surface area contributed by atoms with Gasteiger partial charge in [-0.1, -0.05) is 27.4 Å². The zero-order chi connectivity index (χ0) is 40.8. The van der Waals surface area contributed by atoms with Gasteiger partial charge in [-0.15, -0.1) is 11.6 Å². The predicted molar refractivity (Wildman–Crippen MR) is 192 cm³/mol. The molecule has 1 N–H and O–H groups in total. The molecular weight excluding hydrogens is 725 g/mol. The van der Waals surface area contributed by atoms with Crippen LogP contribution in [-0.2, 0) is 56.5 Å². The molecule has 0 fully saturated rings. The summed E-state index contributed by atoms with van der Waals surface area (Å²) in [6.45, 7) is 15.5. The average Bonchev–Trinajstić information content (AvgIpc) is 3.01. The van der Waals surface area contributed by atoms with E-state index in [-0.39, 0.29) is 52.3 Å². The number of carbonyl (C=O) groups is 4. The molecule has 0 aromatic heterocycles. The van der Waals surface area contributed by atoms with Gasteiger partial charge in [0.1, 0.15) is 44.5 Å². The van der Waals surface area contributed by atoms with Crippen LogP contribution in [0.4, 0.5) is 0 Å². The SMILES string of the molecule is C=C(OC)C(C)(C)CC(C)(CC(C)(CC)C(=O)OCCOC(=O)C(C)(C)CC(C)(Cl)C(=O)OCCOP(=O)([O-])OCC[N+](C)(C)C)C(=O)OCCO. The molecule has 0 aromatic carbocycles. The number of ether oxygens (including phenoxy) is 5. The standard InChI is InChI=1S/C35H63ClNO14P/c1-14-33(7,25-34(8,29(41)46-18-16-38)23-31(3,4)26(2)45-13)28(40)48-20-19-47-27(39)32(5,6)24-35(9,36)30(42)49-21-22-51-52(43,44)50-17-15-37(10,11)12/h38H,2,14-25H2,1,3-13H3. The van der Waals surface area contributed by atoms with E-state index in [2.05, 4.69) is 6.58 Å². The number of quaternary nitrogens is 1. The van der Waals surface area contributed by atoms with E-state index in [0.29, 0.717) is 23.2 Å². The molecule has 0 radical (unpaired) electrons. The van der Waals surface area contributed by atoms with Gasteiger partial charge < -0.3 is 47.2 Å². The number of rotatable bonds is 26. The Balaban J connectivity index is 5.24. The monoisotopic (exact) mass is 787 g/mol. The molecular formula is C35H63ClNO14P. The normalized spacial score (nSPS) is 17.0. The number of allylic oxidation sites excluding steroid dienone is 1. The van der Waals surface area contributed by atoms with E-state index in [9.17, 15) is 33.7 Å². The summed E-state index contributed by atoms with van der Waals surface area (Å²) in [5, 5.41) is 9.22. The molecule has 15 nitrogen and oxygen atoms in total. The van der Waals surface area contributed by atoms with Crippen molar-refractivity contribution in [3.63, 3.8) is 0 Å². The molecule has 0 rings (SSSR count). The molecule has 0 bridgehead atoms. The molecule has 4 unspecified atom stereocenters. The number of phosphoric acid groups is 1. The van der Waals surface area contributed by atoms with Crippen LogP contribution in [0.1, 0.15) is 81.1 Å². The summed E-state index contributed by atoms with van der Waals surface area (Å²) >= 11 is 6.44. The van der Waals surface area contributed by atoms with Gasteiger partial charge in [-0.25, -0.2) is 0 Å². The van der Waals surface area contributed by atoms with Gasteiger partial charge in [0, 0.05) is 5.41 Å². The Morgan fingerprint density at radius 2 is 1.17 bits per heavy atom. The molecule has 0 saturated carbocycles. The van der Waals surface area contributed by atoms with Crippen molar-refractivity contribution in [2.45, 2.75) is 85.9 Å². The Bertz CT molecular complexity index is 1260. The number of phosphoric ester groups is 1. The van der Waals surface area contributed by atoms with E-state index in [4.69, 9.17) is 44.3 Å². The molecule has 0 spiro atoms. The summed E-state index contributed by atoms with van der Waals surface area (Å²) in [6, 6.07) is 0. The van der Waals surface area contributed by atoms with Crippen molar-refractivity contribution in [2.75, 3.05) is 81.0 Å². The summed E-state index contributed by atoms with van der Waals surface area (Å²) in [4.78, 5) is 62.6. The first-order valence-corrected chi connectivity index (χ1v) is 19.0. The number of hydrogen-bond acceptors (Lipinski definition) is 14. The van der Waals surface area contributed by atoms with Crippen LogP contribution in [0.25, 0.3) is 0 Å². The highest BCUT2D eigenvalue weighted by molar-refractivity contribution is 7.45. The lowest BCUT2D eigenvalue weighted by atomic mass is 9.64. The third kappa shape index (κ3) is 17.3. The van der Waals surface area contributed by atoms with E-state index in [1.165, 1.54) is 27.9 Å². The largest absolute Gasteiger partial charge is 0.756 e. The summed E-state index contributed by atoms with van der Waals surface area (Å²) in [5.41, 5.74) is -4.29. The third-order valence-corrected chi connectivity index (χ3v) is 9.87. The van der Waals surface area contributed by atoms with E-state index in [1.54, 1.807) is 20.8 Å². The zero-order valence-electron chi connectivity index (χ0n) is 33.2. The molecule has 0 amide bonds. The minimum absolute atomic E-state index is 0.0459. The van der Waals surface area contributed by atoms with E-state index in [1.807, 2.05) is 35.0 Å². The van der Waals surface area contributed by atoms with Crippen LogP contribution in [0, 0.1) is 21.7 Å². The highest BCUT2D eigenvalue weighted by Crippen LogP contribution is 2.47. The van der Waals surface area contributed by atoms with Crippen molar-refractivity contribution in [1.82, 2.24) is 0 Å². The molecule has 4 atom stereocenters. The lowest BCUT2D eigenvalue weighted by molar-refractivity contribution is -0.870. The van der Waals surface area contributed by atoms with Gasteiger partial charge in [0.25, 0.3) is 7.82 Å². The maximum Gasteiger partial charge on any atom is 0.327 e. The highest BCUT2D eigenvalue weighted by Gasteiger charge is 2.49. The molecule has 17 heteroatoms. The minimum Gasteiger partial charge on any atom is -0.756 e. The Hall–Kier alpha value is -2.26. The van der Waals surface area contributed by atoms with Gasteiger partial charge in [0.15, 0.2) is 0 Å². The first kappa shape index (κ1) is 49.7. The number of aliphatic hydroxyl groups excluding tert-OH is 1. The van der Waals surface area contributed by atoms with Crippen LogP contribution in [-0.4, -0.2) is 119 Å². The average molecular weight is 788 g/mol. The van der Waals surface area contributed by atoms with Gasteiger partial charge >= 0.3 is 23.9 Å². The number of aliphatic hydroxyl groups is 1. The van der Waals surface area contributed by atoms with Crippen molar-refractivity contribution in [3.8, 4) is 0 Å². The predicted octanol–water partition coefficient (Wildman–Crippen LogP) is 4.16. The van der Waals surface area contributed by atoms with Crippen molar-refractivity contribution < 1.29 is 71.0 Å². The zero-order valence-corrected chi connectivity index (χ0v) is 34.9. The number of hydrogen-bond donors (Lipinski definition) is 1. The second-order valence-electron chi connectivity index (χ2n) is 16.0. The molecule has 0 aliphatic rings. The fourth-order valence-electron chi connectivity index (χ4n) is 5.58. The van der Waals surface area contributed by atoms with Crippen LogP contribution in [0.15, 0.2) is 12.3 Å². The van der Waals surface area contributed by atoms with Gasteiger partial charge in [-0.2, -0.15) is 0 Å². The van der Waals surface area contributed by atoms with Gasteiger partial charge in [-0.3, -0.25) is 23.7 Å². The van der Waals surface area contributed by atoms with E-state index < -0.39 is 71.4 Å². The Labute approximate surface area is 314 Å².